The molecule has 2 amide bonds. The molecule has 2 aliphatic rings. The van der Waals surface area contributed by atoms with Gasteiger partial charge in [0, 0.05) is 13.1 Å². The second kappa shape index (κ2) is 11.3. The van der Waals surface area contributed by atoms with E-state index >= 15 is 0 Å². The van der Waals surface area contributed by atoms with E-state index in [-0.39, 0.29) is 17.0 Å². The van der Waals surface area contributed by atoms with Gasteiger partial charge in [-0.2, -0.15) is 26.3 Å². The minimum atomic E-state index is -5.00. The highest BCUT2D eigenvalue weighted by molar-refractivity contribution is 5.91. The summed E-state index contributed by atoms with van der Waals surface area (Å²) < 4.78 is 84.8. The molecule has 0 radical (unpaired) electrons. The van der Waals surface area contributed by atoms with Crippen LogP contribution in [0.15, 0.2) is 42.5 Å². The monoisotopic (exact) mass is 585 g/mol. The number of halogens is 6. The fourth-order valence-electron chi connectivity index (χ4n) is 5.58. The van der Waals surface area contributed by atoms with Gasteiger partial charge in [-0.3, -0.25) is 9.59 Å². The molecule has 1 aliphatic carbocycles. The lowest BCUT2D eigenvalue weighted by atomic mass is 9.74. The topological polar surface area (TPSA) is 84.7 Å². The summed E-state index contributed by atoms with van der Waals surface area (Å²) in [5.74, 6) is -1.11. The molecule has 1 atom stereocenters. The maximum atomic E-state index is 13.5. The Bertz CT molecular complexity index is 1250. The highest BCUT2D eigenvalue weighted by Gasteiger charge is 2.43. The first-order valence-corrected chi connectivity index (χ1v) is 13.3. The van der Waals surface area contributed by atoms with Crippen LogP contribution in [0.5, 0.6) is 0 Å². The number of aryl methyl sites for hydroxylation is 1. The fraction of sp³-hybridized carbons (Fsp3) is 0.517. The van der Waals surface area contributed by atoms with Crippen LogP contribution in [0.4, 0.5) is 26.3 Å². The molecule has 1 fully saturated rings. The van der Waals surface area contributed by atoms with Gasteiger partial charge in [-0.25, -0.2) is 0 Å². The van der Waals surface area contributed by atoms with Crippen LogP contribution in [0.3, 0.4) is 0 Å². The Hall–Kier alpha value is -3.12. The standard InChI is InChI=1S/C29H33F6N3O3/c1-26(2,36)25(40)37-23(17-41-16-18-13-20(28(30,31)32)15-21(14-18)29(33,34)35)24(39)38-11-9-27(10-12-38)8-7-19-5-3-4-6-22(19)27/h3-6,13-15,23H,7-12,16-17,36H2,1-2H3,(H,37,40)/t23-/m1/s1. The van der Waals surface area contributed by atoms with Crippen molar-refractivity contribution in [2.24, 2.45) is 5.73 Å². The van der Waals surface area contributed by atoms with Gasteiger partial charge < -0.3 is 20.7 Å². The molecule has 0 bridgehead atoms. The van der Waals surface area contributed by atoms with Crippen molar-refractivity contribution in [2.75, 3.05) is 19.7 Å². The minimum Gasteiger partial charge on any atom is -0.374 e. The summed E-state index contributed by atoms with van der Waals surface area (Å²) in [4.78, 5) is 27.8. The summed E-state index contributed by atoms with van der Waals surface area (Å²) in [5.41, 5.74) is 3.80. The zero-order valence-electron chi connectivity index (χ0n) is 22.8. The summed E-state index contributed by atoms with van der Waals surface area (Å²) in [7, 11) is 0. The summed E-state index contributed by atoms with van der Waals surface area (Å²) in [6.45, 7) is 2.62. The van der Waals surface area contributed by atoms with Crippen LogP contribution in [0, 0.1) is 0 Å². The summed E-state index contributed by atoms with van der Waals surface area (Å²) in [6.07, 6.45) is -6.60. The van der Waals surface area contributed by atoms with Crippen molar-refractivity contribution in [3.8, 4) is 0 Å². The van der Waals surface area contributed by atoms with E-state index in [4.69, 9.17) is 10.5 Å². The number of alkyl halides is 6. The highest BCUT2D eigenvalue weighted by Crippen LogP contribution is 2.46. The number of fused-ring (bicyclic) bond motifs is 2. The van der Waals surface area contributed by atoms with Crippen LogP contribution in [0.1, 0.15) is 60.9 Å². The third-order valence-corrected chi connectivity index (χ3v) is 7.88. The van der Waals surface area contributed by atoms with Gasteiger partial charge in [0.15, 0.2) is 0 Å². The molecule has 6 nitrogen and oxygen atoms in total. The quantitative estimate of drug-likeness (QED) is 0.450. The molecule has 12 heteroatoms. The third kappa shape index (κ3) is 7.03. The lowest BCUT2D eigenvalue weighted by Gasteiger charge is -2.41. The van der Waals surface area contributed by atoms with E-state index in [2.05, 4.69) is 17.4 Å². The van der Waals surface area contributed by atoms with Gasteiger partial charge >= 0.3 is 12.4 Å². The normalized spacial score (nSPS) is 17.8. The van der Waals surface area contributed by atoms with Gasteiger partial charge in [-0.15, -0.1) is 0 Å². The van der Waals surface area contributed by atoms with Crippen molar-refractivity contribution in [3.63, 3.8) is 0 Å². The highest BCUT2D eigenvalue weighted by atomic mass is 19.4. The van der Waals surface area contributed by atoms with Crippen molar-refractivity contribution in [3.05, 3.63) is 70.3 Å². The Morgan fingerprint density at radius 3 is 2.12 bits per heavy atom. The van der Waals surface area contributed by atoms with Crippen LogP contribution >= 0.6 is 0 Å². The van der Waals surface area contributed by atoms with E-state index in [1.165, 1.54) is 25.0 Å². The number of ether oxygens (including phenoxy) is 1. The third-order valence-electron chi connectivity index (χ3n) is 7.88. The van der Waals surface area contributed by atoms with Gasteiger partial charge in [-0.05, 0) is 79.8 Å². The van der Waals surface area contributed by atoms with Crippen LogP contribution < -0.4 is 11.1 Å². The van der Waals surface area contributed by atoms with Gasteiger partial charge in [-0.1, -0.05) is 24.3 Å². The molecule has 2 aromatic rings. The Morgan fingerprint density at radius 1 is 0.976 bits per heavy atom. The van der Waals surface area contributed by atoms with E-state index in [1.54, 1.807) is 4.90 Å². The number of piperidine rings is 1. The Morgan fingerprint density at radius 2 is 1.56 bits per heavy atom. The zero-order chi connectivity index (χ0) is 30.2. The number of carbonyl (C=O) groups is 2. The molecular weight excluding hydrogens is 552 g/mol. The molecule has 3 N–H and O–H groups in total. The molecule has 0 aromatic heterocycles. The number of nitrogens with zero attached hydrogens (tertiary/aromatic N) is 1. The van der Waals surface area contributed by atoms with Crippen molar-refractivity contribution in [1.29, 1.82) is 0 Å². The smallest absolute Gasteiger partial charge is 0.374 e. The van der Waals surface area contributed by atoms with Gasteiger partial charge in [0.05, 0.1) is 29.9 Å². The maximum Gasteiger partial charge on any atom is 0.416 e. The maximum absolute atomic E-state index is 13.5. The number of nitrogens with two attached hydrogens (primary N) is 1. The molecule has 0 saturated carbocycles. The van der Waals surface area contributed by atoms with E-state index in [0.29, 0.717) is 25.2 Å². The SMILES string of the molecule is CC(C)(N)C(=O)N[C@H](COCc1cc(C(F)(F)F)cc(C(F)(F)F)c1)C(=O)N1CCC2(CCc3ccccc32)CC1. The molecule has 224 valence electrons. The predicted molar refractivity (Wildman–Crippen MR) is 139 cm³/mol. The number of amides is 2. The second-order valence-electron chi connectivity index (χ2n) is 11.4. The molecule has 0 unspecified atom stereocenters. The number of likely N-dealkylation sites (tertiary alicyclic amines) is 1. The molecule has 4 rings (SSSR count). The number of hydrogen-bond acceptors (Lipinski definition) is 4. The number of benzene rings is 2. The molecule has 2 aromatic carbocycles. The van der Waals surface area contributed by atoms with Crippen LogP contribution in [-0.2, 0) is 45.1 Å². The lowest BCUT2D eigenvalue weighted by Crippen LogP contribution is -2.59. The predicted octanol–water partition coefficient (Wildman–Crippen LogP) is 4.97. The minimum absolute atomic E-state index is 0.0262. The van der Waals surface area contributed by atoms with Crippen LogP contribution in [0.2, 0.25) is 0 Å². The second-order valence-corrected chi connectivity index (χ2v) is 11.4. The summed E-state index contributed by atoms with van der Waals surface area (Å²) in [6, 6.07) is 8.18. The van der Waals surface area contributed by atoms with E-state index in [9.17, 15) is 35.9 Å². The van der Waals surface area contributed by atoms with Gasteiger partial charge in [0.1, 0.15) is 6.04 Å². The van der Waals surface area contributed by atoms with E-state index < -0.39 is 60.1 Å². The summed E-state index contributed by atoms with van der Waals surface area (Å²) >= 11 is 0. The number of hydrogen-bond donors (Lipinski definition) is 2. The average molecular weight is 586 g/mol. The first-order chi connectivity index (χ1) is 19.0. The molecule has 1 aliphatic heterocycles. The van der Waals surface area contributed by atoms with Gasteiger partial charge in [0.2, 0.25) is 11.8 Å². The van der Waals surface area contributed by atoms with Crippen molar-refractivity contribution < 1.29 is 40.7 Å². The average Bonchev–Trinajstić information content (AvgIpc) is 3.24. The first-order valence-electron chi connectivity index (χ1n) is 13.3. The molecule has 41 heavy (non-hydrogen) atoms. The lowest BCUT2D eigenvalue weighted by molar-refractivity contribution is -0.143. The number of carbonyl (C=O) groups excluding carboxylic acids is 2. The summed E-state index contributed by atoms with van der Waals surface area (Å²) in [5, 5.41) is 2.55. The molecule has 1 saturated heterocycles. The largest absolute Gasteiger partial charge is 0.416 e. The Kier molecular flexibility index (Phi) is 8.48. The van der Waals surface area contributed by atoms with E-state index in [0.717, 1.165) is 25.7 Å². The number of nitrogens with one attached hydrogen (secondary N) is 1. The Labute approximate surface area is 234 Å². The molecule has 1 spiro atoms. The first kappa shape index (κ1) is 30.8. The van der Waals surface area contributed by atoms with Crippen molar-refractivity contribution in [1.82, 2.24) is 10.2 Å². The fourth-order valence-corrected chi connectivity index (χ4v) is 5.58. The molecule has 1 heterocycles. The number of rotatable bonds is 7. The van der Waals surface area contributed by atoms with Gasteiger partial charge in [0.25, 0.3) is 0 Å². The Balaban J connectivity index is 1.47. The van der Waals surface area contributed by atoms with Crippen LogP contribution in [-0.4, -0.2) is 48.0 Å². The van der Waals surface area contributed by atoms with E-state index in [1.807, 2.05) is 12.1 Å². The van der Waals surface area contributed by atoms with Crippen LogP contribution in [0.25, 0.3) is 0 Å². The molecular formula is C29H33F6N3O3. The van der Waals surface area contributed by atoms with Crippen molar-refractivity contribution in [2.45, 2.75) is 75.5 Å². The zero-order valence-corrected chi connectivity index (χ0v) is 22.8. The van der Waals surface area contributed by atoms with Crippen molar-refractivity contribution >= 4 is 11.8 Å².